The summed E-state index contributed by atoms with van der Waals surface area (Å²) in [5.41, 5.74) is 2.17. The Bertz CT molecular complexity index is 993. The van der Waals surface area contributed by atoms with Gasteiger partial charge in [-0.15, -0.1) is 0 Å². The van der Waals surface area contributed by atoms with Crippen LogP contribution in [-0.2, 0) is 32.6 Å². The van der Waals surface area contributed by atoms with E-state index in [1.165, 1.54) is 12.1 Å². The van der Waals surface area contributed by atoms with Gasteiger partial charge in [0.15, 0.2) is 0 Å². The van der Waals surface area contributed by atoms with E-state index in [2.05, 4.69) is 28.0 Å². The van der Waals surface area contributed by atoms with Crippen molar-refractivity contribution in [1.82, 2.24) is 4.90 Å². The van der Waals surface area contributed by atoms with E-state index in [-0.39, 0.29) is 11.7 Å². The summed E-state index contributed by atoms with van der Waals surface area (Å²) < 4.78 is 56.2. The van der Waals surface area contributed by atoms with Crippen LogP contribution in [0.4, 0.5) is 18.9 Å². The first-order valence-electron chi connectivity index (χ1n) is 12.3. The predicted molar refractivity (Wildman–Crippen MR) is 127 cm³/mol. The summed E-state index contributed by atoms with van der Waals surface area (Å²) in [6.45, 7) is 10.00. The fraction of sp³-hybridized carbons (Fsp3) is 0.556. The number of hydrogen-bond acceptors (Lipinski definition) is 5. The molecule has 0 saturated carbocycles. The Labute approximate surface area is 204 Å². The maximum Gasteiger partial charge on any atom is 0.416 e. The van der Waals surface area contributed by atoms with E-state index in [4.69, 9.17) is 14.2 Å². The van der Waals surface area contributed by atoms with Crippen LogP contribution in [0.2, 0.25) is 0 Å². The summed E-state index contributed by atoms with van der Waals surface area (Å²) in [6, 6.07) is 13.9. The third kappa shape index (κ3) is 5.35. The average molecular weight is 491 g/mol. The third-order valence-electron chi connectivity index (χ3n) is 7.25. The number of rotatable bonds is 8. The molecular weight excluding hydrogens is 457 g/mol. The highest BCUT2D eigenvalue weighted by Crippen LogP contribution is 2.37. The summed E-state index contributed by atoms with van der Waals surface area (Å²) in [5, 5.41) is 0. The summed E-state index contributed by atoms with van der Waals surface area (Å²) in [6.07, 6.45) is -4.17. The van der Waals surface area contributed by atoms with Gasteiger partial charge >= 0.3 is 6.18 Å². The minimum atomic E-state index is -4.29. The van der Waals surface area contributed by atoms with Crippen LogP contribution in [-0.4, -0.2) is 57.1 Å². The van der Waals surface area contributed by atoms with Crippen molar-refractivity contribution in [2.75, 3.05) is 51.0 Å². The van der Waals surface area contributed by atoms with Gasteiger partial charge in [0.05, 0.1) is 38.2 Å². The number of nitrogens with zero attached hydrogens (tertiary/aromatic N) is 2. The smallest absolute Gasteiger partial charge is 0.375 e. The van der Waals surface area contributed by atoms with Crippen LogP contribution < -0.4 is 4.90 Å². The SMILES string of the molecule is CC(C)OC1(c2cccc(COCN3CC4CN(c5ccc(C(F)(F)F)cc5)CC4C3)c2)COC1. The van der Waals surface area contributed by atoms with Gasteiger partial charge in [0.25, 0.3) is 0 Å². The maximum atomic E-state index is 12.8. The van der Waals surface area contributed by atoms with Crippen molar-refractivity contribution in [2.24, 2.45) is 11.8 Å². The van der Waals surface area contributed by atoms with Crippen LogP contribution in [0.15, 0.2) is 48.5 Å². The lowest BCUT2D eigenvalue weighted by Crippen LogP contribution is -2.50. The average Bonchev–Trinajstić information content (AvgIpc) is 3.35. The summed E-state index contributed by atoms with van der Waals surface area (Å²) in [4.78, 5) is 4.55. The minimum Gasteiger partial charge on any atom is -0.375 e. The molecule has 0 bridgehead atoms. The number of halogens is 3. The van der Waals surface area contributed by atoms with E-state index >= 15 is 0 Å². The topological polar surface area (TPSA) is 34.2 Å². The molecule has 0 amide bonds. The van der Waals surface area contributed by atoms with Gasteiger partial charge in [0.1, 0.15) is 5.60 Å². The van der Waals surface area contributed by atoms with Gasteiger partial charge in [-0.25, -0.2) is 0 Å². The molecule has 0 N–H and O–H groups in total. The third-order valence-corrected chi connectivity index (χ3v) is 7.25. The lowest BCUT2D eigenvalue weighted by Gasteiger charge is -2.43. The molecular formula is C27H33F3N2O3. The molecule has 0 radical (unpaired) electrons. The zero-order valence-corrected chi connectivity index (χ0v) is 20.3. The van der Waals surface area contributed by atoms with Gasteiger partial charge in [-0.05, 0) is 61.1 Å². The van der Waals surface area contributed by atoms with E-state index < -0.39 is 11.7 Å². The lowest BCUT2D eigenvalue weighted by atomic mass is 9.90. The normalized spacial score (nSPS) is 24.1. The van der Waals surface area contributed by atoms with Crippen molar-refractivity contribution in [3.8, 4) is 0 Å². The van der Waals surface area contributed by atoms with E-state index in [0.717, 1.165) is 43.0 Å². The van der Waals surface area contributed by atoms with Gasteiger partial charge < -0.3 is 19.1 Å². The maximum absolute atomic E-state index is 12.8. The van der Waals surface area contributed by atoms with Crippen LogP contribution in [0.3, 0.4) is 0 Å². The van der Waals surface area contributed by atoms with Crippen LogP contribution in [0, 0.1) is 11.8 Å². The molecule has 3 heterocycles. The van der Waals surface area contributed by atoms with E-state index in [9.17, 15) is 13.2 Å². The molecule has 3 fully saturated rings. The number of hydrogen-bond donors (Lipinski definition) is 0. The van der Waals surface area contributed by atoms with Crippen molar-refractivity contribution in [2.45, 2.75) is 38.3 Å². The predicted octanol–water partition coefficient (Wildman–Crippen LogP) is 4.90. The Morgan fingerprint density at radius 3 is 2.26 bits per heavy atom. The molecule has 190 valence electrons. The number of benzene rings is 2. The molecule has 2 unspecified atom stereocenters. The molecule has 0 aliphatic carbocycles. The Morgan fingerprint density at radius 1 is 1.00 bits per heavy atom. The highest BCUT2D eigenvalue weighted by molar-refractivity contribution is 5.49. The van der Waals surface area contributed by atoms with Crippen LogP contribution >= 0.6 is 0 Å². The van der Waals surface area contributed by atoms with Crippen LogP contribution in [0.1, 0.15) is 30.5 Å². The van der Waals surface area contributed by atoms with E-state index in [1.54, 1.807) is 12.1 Å². The van der Waals surface area contributed by atoms with Crippen molar-refractivity contribution in [1.29, 1.82) is 0 Å². The molecule has 2 aromatic rings. The molecule has 3 aliphatic heterocycles. The van der Waals surface area contributed by atoms with Gasteiger partial charge in [-0.1, -0.05) is 24.3 Å². The summed E-state index contributed by atoms with van der Waals surface area (Å²) in [5.74, 6) is 1.02. The van der Waals surface area contributed by atoms with E-state index in [1.807, 2.05) is 19.9 Å². The number of ether oxygens (including phenoxy) is 3. The first-order valence-corrected chi connectivity index (χ1v) is 12.3. The zero-order chi connectivity index (χ0) is 24.6. The Morgan fingerprint density at radius 2 is 1.69 bits per heavy atom. The zero-order valence-electron chi connectivity index (χ0n) is 20.3. The van der Waals surface area contributed by atoms with Crippen molar-refractivity contribution < 1.29 is 27.4 Å². The highest BCUT2D eigenvalue weighted by Gasteiger charge is 2.43. The van der Waals surface area contributed by atoms with Crippen LogP contribution in [0.5, 0.6) is 0 Å². The van der Waals surface area contributed by atoms with Crippen LogP contribution in [0.25, 0.3) is 0 Å². The fourth-order valence-corrected chi connectivity index (χ4v) is 5.55. The Balaban J connectivity index is 1.09. The van der Waals surface area contributed by atoms with Crippen molar-refractivity contribution in [3.05, 3.63) is 65.2 Å². The molecule has 5 rings (SSSR count). The Kier molecular flexibility index (Phi) is 6.83. The largest absolute Gasteiger partial charge is 0.416 e. The van der Waals surface area contributed by atoms with Gasteiger partial charge in [-0.2, -0.15) is 13.2 Å². The first kappa shape index (κ1) is 24.6. The van der Waals surface area contributed by atoms with Gasteiger partial charge in [-0.3, -0.25) is 4.90 Å². The standard InChI is InChI=1S/C27H33F3N2O3/c1-19(2)35-26(16-34-17-26)24-5-3-4-20(10-24)15-33-18-31-11-21-13-32(14-22(21)12-31)25-8-6-23(7-9-25)27(28,29)30/h3-10,19,21-22H,11-18H2,1-2H3. The molecule has 35 heavy (non-hydrogen) atoms. The monoisotopic (exact) mass is 490 g/mol. The van der Waals surface area contributed by atoms with Gasteiger partial charge in [0, 0.05) is 31.9 Å². The lowest BCUT2D eigenvalue weighted by molar-refractivity contribution is -0.232. The molecule has 5 nitrogen and oxygen atoms in total. The van der Waals surface area contributed by atoms with Crippen molar-refractivity contribution in [3.63, 3.8) is 0 Å². The molecule has 2 aromatic carbocycles. The number of fused-ring (bicyclic) bond motifs is 1. The number of anilines is 1. The molecule has 2 atom stereocenters. The van der Waals surface area contributed by atoms with Crippen molar-refractivity contribution >= 4 is 5.69 Å². The second-order valence-corrected chi connectivity index (χ2v) is 10.3. The summed E-state index contributed by atoms with van der Waals surface area (Å²) in [7, 11) is 0. The number of alkyl halides is 3. The van der Waals surface area contributed by atoms with E-state index in [0.29, 0.717) is 38.4 Å². The highest BCUT2D eigenvalue weighted by atomic mass is 19.4. The fourth-order valence-electron chi connectivity index (χ4n) is 5.55. The molecule has 0 spiro atoms. The molecule has 3 aliphatic rings. The summed E-state index contributed by atoms with van der Waals surface area (Å²) >= 11 is 0. The molecule has 3 saturated heterocycles. The quantitative estimate of drug-likeness (QED) is 0.526. The molecule has 0 aromatic heterocycles. The Hall–Kier alpha value is -2.13. The van der Waals surface area contributed by atoms with Gasteiger partial charge in [0.2, 0.25) is 0 Å². The minimum absolute atomic E-state index is 0.128. The molecule has 8 heteroatoms. The second kappa shape index (κ2) is 9.73. The number of likely N-dealkylation sites (tertiary alicyclic amines) is 1. The second-order valence-electron chi connectivity index (χ2n) is 10.3. The first-order chi connectivity index (χ1) is 16.7.